The summed E-state index contributed by atoms with van der Waals surface area (Å²) in [5.74, 6) is -0.683. The van der Waals surface area contributed by atoms with Gasteiger partial charge in [0.15, 0.2) is 5.75 Å². The first-order chi connectivity index (χ1) is 14.8. The Hall–Kier alpha value is -3.20. The van der Waals surface area contributed by atoms with Gasteiger partial charge in [-0.3, -0.25) is 14.9 Å². The van der Waals surface area contributed by atoms with Crippen LogP contribution in [-0.2, 0) is 9.63 Å². The average Bonchev–Trinajstić information content (AvgIpc) is 2.75. The minimum Gasteiger partial charge on any atom is -0.490 e. The van der Waals surface area contributed by atoms with Crippen LogP contribution < -0.4 is 4.74 Å². The minimum absolute atomic E-state index is 0.101. The Morgan fingerprint density at radius 3 is 2.35 bits per heavy atom. The lowest BCUT2D eigenvalue weighted by Crippen LogP contribution is -2.15. The fraction of sp³-hybridized carbons (Fsp3) is 0.318. The lowest BCUT2D eigenvalue weighted by Gasteiger charge is -2.07. The van der Waals surface area contributed by atoms with Crippen molar-refractivity contribution in [3.05, 3.63) is 58.1 Å². The van der Waals surface area contributed by atoms with E-state index in [4.69, 9.17) is 9.57 Å². The third-order valence-corrected chi connectivity index (χ3v) is 5.26. The van der Waals surface area contributed by atoms with Crippen molar-refractivity contribution in [2.45, 2.75) is 49.3 Å². The number of hydrogen-bond acceptors (Lipinski definition) is 8. The van der Waals surface area contributed by atoms with Gasteiger partial charge in [0.25, 0.3) is 0 Å². The highest BCUT2D eigenvalue weighted by molar-refractivity contribution is 7.99. The number of methoxy groups -OCH3 is 1. The van der Waals surface area contributed by atoms with Crippen molar-refractivity contribution >= 4 is 34.9 Å². The fourth-order valence-corrected chi connectivity index (χ4v) is 3.56. The van der Waals surface area contributed by atoms with Crippen LogP contribution in [0.5, 0.6) is 5.75 Å². The Morgan fingerprint density at radius 2 is 1.77 bits per heavy atom. The highest BCUT2D eigenvalue weighted by Crippen LogP contribution is 2.35. The maximum Gasteiger partial charge on any atom is 0.331 e. The number of nitrogens with zero attached hydrogens (tertiary/aromatic N) is 2. The summed E-state index contributed by atoms with van der Waals surface area (Å²) in [5.41, 5.74) is 0.549. The van der Waals surface area contributed by atoms with E-state index in [9.17, 15) is 19.7 Å². The second-order valence-electron chi connectivity index (χ2n) is 6.62. The molecule has 164 valence electrons. The zero-order valence-electron chi connectivity index (χ0n) is 17.6. The Labute approximate surface area is 184 Å². The lowest BCUT2D eigenvalue weighted by atomic mass is 10.0. The maximum absolute atomic E-state index is 12.8. The molecule has 0 saturated carbocycles. The van der Waals surface area contributed by atoms with E-state index >= 15 is 0 Å². The number of nitro groups is 1. The third kappa shape index (κ3) is 7.21. The van der Waals surface area contributed by atoms with Crippen LogP contribution in [0, 0.1) is 10.1 Å². The summed E-state index contributed by atoms with van der Waals surface area (Å²) in [6.45, 7) is 3.29. The molecule has 0 bridgehead atoms. The molecule has 0 atom stereocenters. The van der Waals surface area contributed by atoms with Crippen LogP contribution in [0.2, 0.25) is 0 Å². The van der Waals surface area contributed by atoms with Crippen molar-refractivity contribution in [3.8, 4) is 5.75 Å². The van der Waals surface area contributed by atoms with Crippen LogP contribution in [0.15, 0.2) is 57.4 Å². The van der Waals surface area contributed by atoms with E-state index in [0.29, 0.717) is 12.0 Å². The molecular formula is C22H24N2O6S. The number of ether oxygens (including phenoxy) is 1. The van der Waals surface area contributed by atoms with Gasteiger partial charge in [-0.05, 0) is 43.2 Å². The number of benzene rings is 2. The second-order valence-corrected chi connectivity index (χ2v) is 7.77. The largest absolute Gasteiger partial charge is 0.490 e. The highest BCUT2D eigenvalue weighted by Gasteiger charge is 2.17. The van der Waals surface area contributed by atoms with E-state index in [1.165, 1.54) is 31.9 Å². The summed E-state index contributed by atoms with van der Waals surface area (Å²) >= 11 is 1.38. The molecular weight excluding hydrogens is 420 g/mol. The maximum atomic E-state index is 12.8. The van der Waals surface area contributed by atoms with Gasteiger partial charge < -0.3 is 9.57 Å². The van der Waals surface area contributed by atoms with Crippen molar-refractivity contribution in [1.82, 2.24) is 0 Å². The molecule has 0 unspecified atom stereocenters. The van der Waals surface area contributed by atoms with Crippen LogP contribution in [0.25, 0.3) is 0 Å². The predicted molar refractivity (Wildman–Crippen MR) is 118 cm³/mol. The highest BCUT2D eigenvalue weighted by atomic mass is 32.2. The van der Waals surface area contributed by atoms with E-state index in [2.05, 4.69) is 12.1 Å². The van der Waals surface area contributed by atoms with Gasteiger partial charge in [0.05, 0.1) is 12.0 Å². The van der Waals surface area contributed by atoms with Gasteiger partial charge >= 0.3 is 11.7 Å². The Balaban J connectivity index is 2.15. The third-order valence-electron chi connectivity index (χ3n) is 4.26. The molecule has 2 rings (SSSR count). The summed E-state index contributed by atoms with van der Waals surface area (Å²) in [5, 5.41) is 14.8. The van der Waals surface area contributed by atoms with E-state index in [0.717, 1.165) is 29.1 Å². The van der Waals surface area contributed by atoms with Crippen LogP contribution in [-0.4, -0.2) is 29.5 Å². The topological polar surface area (TPSA) is 108 Å². The standard InChI is InChI=1S/C22H24N2O6S/c1-4-5-6-7-19(23-30-15(2)25)22(26)16-8-10-17(11-9-16)31-18-12-13-20(24(27)28)21(14-18)29-3/h8-14H,4-7H2,1-3H3. The summed E-state index contributed by atoms with van der Waals surface area (Å²) in [6, 6.07) is 11.5. The molecule has 0 aromatic heterocycles. The zero-order chi connectivity index (χ0) is 22.8. The molecule has 0 aliphatic carbocycles. The summed E-state index contributed by atoms with van der Waals surface area (Å²) in [6.07, 6.45) is 3.15. The van der Waals surface area contributed by atoms with Crippen LogP contribution >= 0.6 is 11.8 Å². The van der Waals surface area contributed by atoms with Gasteiger partial charge in [-0.2, -0.15) is 0 Å². The number of carbonyl (C=O) groups excluding carboxylic acids is 2. The zero-order valence-corrected chi connectivity index (χ0v) is 18.4. The average molecular weight is 445 g/mol. The smallest absolute Gasteiger partial charge is 0.331 e. The molecule has 0 fully saturated rings. The number of oxime groups is 1. The second kappa shape index (κ2) is 11.8. The van der Waals surface area contributed by atoms with Crippen molar-refractivity contribution in [1.29, 1.82) is 0 Å². The molecule has 0 aliphatic heterocycles. The first-order valence-corrected chi connectivity index (χ1v) is 10.6. The number of carbonyl (C=O) groups is 2. The predicted octanol–water partition coefficient (Wildman–Crippen LogP) is 5.44. The van der Waals surface area contributed by atoms with Crippen LogP contribution in [0.1, 0.15) is 49.9 Å². The van der Waals surface area contributed by atoms with Crippen molar-refractivity contribution in [2.75, 3.05) is 7.11 Å². The molecule has 0 saturated heterocycles. The minimum atomic E-state index is -0.578. The van der Waals surface area contributed by atoms with Crippen molar-refractivity contribution in [2.24, 2.45) is 5.16 Å². The molecule has 0 radical (unpaired) electrons. The van der Waals surface area contributed by atoms with Gasteiger partial charge in [0.2, 0.25) is 5.78 Å². The molecule has 2 aromatic rings. The first kappa shape index (κ1) is 24.1. The molecule has 9 heteroatoms. The van der Waals surface area contributed by atoms with Gasteiger partial charge in [-0.25, -0.2) is 4.79 Å². The van der Waals surface area contributed by atoms with Crippen molar-refractivity contribution in [3.63, 3.8) is 0 Å². The number of rotatable bonds is 11. The van der Waals surface area contributed by atoms with Crippen LogP contribution in [0.4, 0.5) is 5.69 Å². The van der Waals surface area contributed by atoms with Gasteiger partial charge in [0.1, 0.15) is 5.71 Å². The van der Waals surface area contributed by atoms with E-state index in [-0.39, 0.29) is 22.9 Å². The number of unbranched alkanes of at least 4 members (excludes halogenated alkanes) is 2. The quantitative estimate of drug-likeness (QED) is 0.113. The van der Waals surface area contributed by atoms with Crippen LogP contribution in [0.3, 0.4) is 0 Å². The van der Waals surface area contributed by atoms with E-state index in [1.54, 1.807) is 36.4 Å². The van der Waals surface area contributed by atoms with Gasteiger partial charge in [-0.1, -0.05) is 36.7 Å². The molecule has 0 amide bonds. The SMILES string of the molecule is CCCCCC(=NOC(C)=O)C(=O)c1ccc(Sc2ccc([N+](=O)[O-])c(OC)c2)cc1. The summed E-state index contributed by atoms with van der Waals surface area (Å²) < 4.78 is 5.09. The number of ketones is 1. The Kier molecular flexibility index (Phi) is 9.20. The fourth-order valence-electron chi connectivity index (χ4n) is 2.71. The molecule has 31 heavy (non-hydrogen) atoms. The normalized spacial score (nSPS) is 11.1. The number of nitro benzene ring substituents is 1. The van der Waals surface area contributed by atoms with Crippen molar-refractivity contribution < 1.29 is 24.1 Å². The van der Waals surface area contributed by atoms with Gasteiger partial charge in [-0.15, -0.1) is 0 Å². The Morgan fingerprint density at radius 1 is 1.10 bits per heavy atom. The number of Topliss-reactive ketones (excluding diaryl/α,β-unsaturated/α-hetero) is 1. The molecule has 0 N–H and O–H groups in total. The monoisotopic (exact) mass is 444 g/mol. The Bertz CT molecular complexity index is 972. The molecule has 2 aromatic carbocycles. The summed E-state index contributed by atoms with van der Waals surface area (Å²) in [7, 11) is 1.38. The molecule has 0 aliphatic rings. The number of hydrogen-bond donors (Lipinski definition) is 0. The molecule has 8 nitrogen and oxygen atoms in total. The summed E-state index contributed by atoms with van der Waals surface area (Å²) in [4.78, 5) is 40.7. The van der Waals surface area contributed by atoms with E-state index in [1.807, 2.05) is 0 Å². The lowest BCUT2D eigenvalue weighted by molar-refractivity contribution is -0.385. The van der Waals surface area contributed by atoms with E-state index < -0.39 is 10.9 Å². The first-order valence-electron chi connectivity index (χ1n) is 9.75. The molecule has 0 spiro atoms. The molecule has 0 heterocycles. The van der Waals surface area contributed by atoms with Gasteiger partial charge in [0, 0.05) is 34.4 Å².